The van der Waals surface area contributed by atoms with Gasteiger partial charge in [-0.2, -0.15) is 10.2 Å². The molecule has 0 aliphatic carbocycles. The molecule has 0 spiro atoms. The third-order valence-electron chi connectivity index (χ3n) is 8.80. The summed E-state index contributed by atoms with van der Waals surface area (Å²) in [5.74, 6) is 0.570. The predicted octanol–water partition coefficient (Wildman–Crippen LogP) is 7.46. The summed E-state index contributed by atoms with van der Waals surface area (Å²) in [4.78, 5) is 13.8. The number of aryl methyl sites for hydroxylation is 4. The Kier molecular flexibility index (Phi) is 8.04. The fourth-order valence-corrected chi connectivity index (χ4v) is 7.77. The van der Waals surface area contributed by atoms with Crippen LogP contribution in [0.5, 0.6) is 5.75 Å². The maximum Gasteiger partial charge on any atom is 0.352 e. The third-order valence-corrected chi connectivity index (χ3v) is 10.1. The van der Waals surface area contributed by atoms with Crippen LogP contribution in [0.25, 0.3) is 32.8 Å². The van der Waals surface area contributed by atoms with Gasteiger partial charge in [-0.15, -0.1) is 11.8 Å². The van der Waals surface area contributed by atoms with E-state index in [1.165, 1.54) is 0 Å². The molecule has 11 heteroatoms. The minimum Gasteiger partial charge on any atom is -0.493 e. The number of rotatable bonds is 1. The third kappa shape index (κ3) is 5.34. The largest absolute Gasteiger partial charge is 0.493 e. The van der Waals surface area contributed by atoms with Crippen LogP contribution in [-0.4, -0.2) is 41.8 Å². The molecule has 0 fully saturated rings. The molecule has 0 unspecified atom stereocenters. The Balaban J connectivity index is 1.36. The Bertz CT molecular complexity index is 2150. The molecule has 7 rings (SSSR count). The predicted molar refractivity (Wildman–Crippen MR) is 181 cm³/mol. The summed E-state index contributed by atoms with van der Waals surface area (Å²) < 4.78 is 18.1. The molecule has 3 aromatic heterocycles. The van der Waals surface area contributed by atoms with Crippen LogP contribution in [0.15, 0.2) is 59.5 Å². The van der Waals surface area contributed by atoms with Gasteiger partial charge in [-0.1, -0.05) is 41.9 Å². The van der Waals surface area contributed by atoms with Crippen LogP contribution >= 0.6 is 23.4 Å². The van der Waals surface area contributed by atoms with Crippen molar-refractivity contribution in [2.75, 3.05) is 6.61 Å². The van der Waals surface area contributed by atoms with E-state index in [9.17, 15) is 9.90 Å². The van der Waals surface area contributed by atoms with Crippen molar-refractivity contribution in [1.29, 1.82) is 0 Å². The number of hydrogen-bond acceptors (Lipinski definition) is 6. The van der Waals surface area contributed by atoms with E-state index in [0.717, 1.165) is 77.5 Å². The van der Waals surface area contributed by atoms with Gasteiger partial charge in [0.1, 0.15) is 11.4 Å². The Morgan fingerprint density at radius 3 is 2.63 bits per heavy atom. The summed E-state index contributed by atoms with van der Waals surface area (Å²) in [5.41, 5.74) is 6.92. The van der Waals surface area contributed by atoms with Crippen molar-refractivity contribution in [1.82, 2.24) is 24.1 Å². The van der Waals surface area contributed by atoms with Crippen LogP contribution < -0.4 is 4.74 Å². The molecule has 1 aliphatic heterocycles. The van der Waals surface area contributed by atoms with E-state index in [0.29, 0.717) is 31.1 Å². The number of hydrogen-bond donors (Lipinski definition) is 1. The van der Waals surface area contributed by atoms with E-state index in [4.69, 9.17) is 31.3 Å². The van der Waals surface area contributed by atoms with Crippen LogP contribution in [0.3, 0.4) is 0 Å². The van der Waals surface area contributed by atoms with Crippen LogP contribution in [0, 0.1) is 6.92 Å². The zero-order valence-corrected chi connectivity index (χ0v) is 27.7. The number of nitrogens with zero attached hydrogens (tertiary/aromatic N) is 5. The number of aromatic nitrogens is 5. The Hall–Kier alpha value is -4.25. The molecule has 0 saturated carbocycles. The number of carboxylic acids is 1. The van der Waals surface area contributed by atoms with E-state index in [-0.39, 0.29) is 12.3 Å². The number of carboxylic acid groups (broad SMARTS) is 1. The second-order valence-corrected chi connectivity index (χ2v) is 13.1. The fourth-order valence-electron chi connectivity index (χ4n) is 6.54. The van der Waals surface area contributed by atoms with Crippen molar-refractivity contribution < 1.29 is 19.4 Å². The van der Waals surface area contributed by atoms with Gasteiger partial charge in [0.05, 0.1) is 41.7 Å². The van der Waals surface area contributed by atoms with E-state index in [2.05, 4.69) is 30.3 Å². The lowest BCUT2D eigenvalue weighted by Gasteiger charge is -2.12. The smallest absolute Gasteiger partial charge is 0.352 e. The average Bonchev–Trinajstić information content (AvgIpc) is 3.63. The highest BCUT2D eigenvalue weighted by Crippen LogP contribution is 2.42. The van der Waals surface area contributed by atoms with E-state index in [1.54, 1.807) is 23.4 Å². The minimum atomic E-state index is -0.983. The van der Waals surface area contributed by atoms with Gasteiger partial charge in [-0.05, 0) is 55.0 Å². The normalized spacial score (nSPS) is 14.3. The molecule has 6 aromatic rings. The molecule has 0 saturated heterocycles. The number of carbonyl (C=O) groups is 1. The van der Waals surface area contributed by atoms with E-state index < -0.39 is 5.97 Å². The van der Waals surface area contributed by atoms with Gasteiger partial charge in [-0.3, -0.25) is 9.36 Å². The molecule has 4 heterocycles. The van der Waals surface area contributed by atoms with Gasteiger partial charge in [0.25, 0.3) is 0 Å². The second-order valence-electron chi connectivity index (χ2n) is 11.7. The number of fused-ring (bicyclic) bond motifs is 8. The van der Waals surface area contributed by atoms with Crippen LogP contribution in [0.4, 0.5) is 0 Å². The van der Waals surface area contributed by atoms with Gasteiger partial charge < -0.3 is 19.1 Å². The molecular weight excluding hydrogens is 622 g/mol. The van der Waals surface area contributed by atoms with Gasteiger partial charge in [0.2, 0.25) is 0 Å². The molecular formula is C35H34ClN5O4S. The van der Waals surface area contributed by atoms with Crippen LogP contribution in [0.2, 0.25) is 5.02 Å². The number of aromatic carboxylic acids is 1. The first-order chi connectivity index (χ1) is 22.2. The highest BCUT2D eigenvalue weighted by atomic mass is 35.5. The number of benzene rings is 3. The van der Waals surface area contributed by atoms with Gasteiger partial charge in [0, 0.05) is 65.1 Å². The Morgan fingerprint density at radius 2 is 1.80 bits per heavy atom. The van der Waals surface area contributed by atoms with Crippen molar-refractivity contribution >= 4 is 51.0 Å². The monoisotopic (exact) mass is 655 g/mol. The molecule has 46 heavy (non-hydrogen) atoms. The van der Waals surface area contributed by atoms with E-state index in [1.807, 2.05) is 54.6 Å². The topological polar surface area (TPSA) is 96.3 Å². The summed E-state index contributed by atoms with van der Waals surface area (Å²) in [6.07, 6.45) is 1.16. The van der Waals surface area contributed by atoms with Gasteiger partial charge >= 0.3 is 5.97 Å². The zero-order chi connectivity index (χ0) is 32.1. The van der Waals surface area contributed by atoms with Crippen LogP contribution in [0.1, 0.15) is 45.2 Å². The molecule has 236 valence electrons. The lowest BCUT2D eigenvalue weighted by molar-refractivity contribution is 0.0685. The molecule has 9 nitrogen and oxygen atoms in total. The number of thioether (sulfide) groups is 1. The average molecular weight is 656 g/mol. The maximum absolute atomic E-state index is 12.7. The van der Waals surface area contributed by atoms with Gasteiger partial charge in [0.15, 0.2) is 0 Å². The standard InChI is InChI=1S/C35H34ClN5O4S/c1-20-31-29(38-40(20)3)18-44-17-22-15-23(41(4)37-22)19-46-24-14-21-8-5-6-9-25(21)30(16-24)45-13-7-10-26-27-11-12-28(36)32(31)33(27)39(2)34(26)35(42)43/h5-6,8-9,11-12,14-16H,7,10,13,17-19H2,1-4H3,(H,42,43). The van der Waals surface area contributed by atoms with Gasteiger partial charge in [-0.25, -0.2) is 4.79 Å². The lowest BCUT2D eigenvalue weighted by Crippen LogP contribution is -2.09. The maximum atomic E-state index is 12.7. The first-order valence-corrected chi connectivity index (χ1v) is 16.5. The first kappa shape index (κ1) is 30.4. The van der Waals surface area contributed by atoms with E-state index >= 15 is 0 Å². The van der Waals surface area contributed by atoms with Crippen LogP contribution in [-0.2, 0) is 51.3 Å². The zero-order valence-electron chi connectivity index (χ0n) is 26.1. The minimum absolute atomic E-state index is 0.241. The summed E-state index contributed by atoms with van der Waals surface area (Å²) >= 11 is 8.68. The van der Waals surface area contributed by atoms with Crippen molar-refractivity contribution in [3.63, 3.8) is 0 Å². The highest BCUT2D eigenvalue weighted by molar-refractivity contribution is 7.98. The molecule has 1 N–H and O–H groups in total. The SMILES string of the molecule is Cc1c2c(nn1C)COCc1cc(n(C)n1)CSc1cc(c3ccccc3c1)OCCCc1c(C(=O)O)n(C)c3c-2c(Cl)ccc13. The molecule has 0 radical (unpaired) electrons. The summed E-state index contributed by atoms with van der Waals surface area (Å²) in [7, 11) is 5.63. The second kappa shape index (κ2) is 12.2. The first-order valence-electron chi connectivity index (χ1n) is 15.1. The molecule has 8 bridgehead atoms. The molecule has 3 aromatic carbocycles. The molecule has 1 aliphatic rings. The van der Waals surface area contributed by atoms with Crippen molar-refractivity contribution in [2.24, 2.45) is 21.1 Å². The lowest BCUT2D eigenvalue weighted by atomic mass is 9.98. The van der Waals surface area contributed by atoms with Crippen molar-refractivity contribution in [3.05, 3.63) is 93.7 Å². The number of ether oxygens (including phenoxy) is 2. The molecule has 0 atom stereocenters. The summed E-state index contributed by atoms with van der Waals surface area (Å²) in [6, 6.07) is 18.3. The Morgan fingerprint density at radius 1 is 0.978 bits per heavy atom. The Labute approximate surface area is 275 Å². The fraction of sp³-hybridized carbons (Fsp3) is 0.286. The quantitative estimate of drug-likeness (QED) is 0.196. The molecule has 0 amide bonds. The highest BCUT2D eigenvalue weighted by Gasteiger charge is 2.27. The summed E-state index contributed by atoms with van der Waals surface area (Å²) in [6.45, 7) is 2.98. The number of halogens is 1. The van der Waals surface area contributed by atoms with Crippen molar-refractivity contribution in [2.45, 2.75) is 43.6 Å². The summed E-state index contributed by atoms with van der Waals surface area (Å²) in [5, 5.41) is 23.4. The van der Waals surface area contributed by atoms with Crippen molar-refractivity contribution in [3.8, 4) is 16.9 Å².